The highest BCUT2D eigenvalue weighted by Gasteiger charge is 2.17. The van der Waals surface area contributed by atoms with Crippen molar-refractivity contribution in [2.24, 2.45) is 0 Å². The van der Waals surface area contributed by atoms with Crippen molar-refractivity contribution in [1.82, 2.24) is 0 Å². The fourth-order valence-corrected chi connectivity index (χ4v) is 6.22. The lowest BCUT2D eigenvalue weighted by Gasteiger charge is -2.19. The molecular formula is C34H61OS. The predicted molar refractivity (Wildman–Crippen MR) is 163 cm³/mol. The molecular weight excluding hydrogens is 456 g/mol. The third kappa shape index (κ3) is 17.8. The zero-order valence-corrected chi connectivity index (χ0v) is 25.8. The van der Waals surface area contributed by atoms with E-state index in [4.69, 9.17) is 0 Å². The minimum Gasteiger partial charge on any atom is -0.289 e. The molecule has 0 aliphatic heterocycles. The van der Waals surface area contributed by atoms with Crippen molar-refractivity contribution >= 4 is 11.8 Å². The fraction of sp³-hybridized carbons (Fsp3) is 0.824. The van der Waals surface area contributed by atoms with Crippen LogP contribution in [0.15, 0.2) is 17.0 Å². The molecule has 1 aromatic rings. The normalized spacial score (nSPS) is 11.9. The highest BCUT2D eigenvalue weighted by Crippen LogP contribution is 2.37. The summed E-state index contributed by atoms with van der Waals surface area (Å²) < 4.78 is 0.174. The van der Waals surface area contributed by atoms with Crippen molar-refractivity contribution in [3.05, 3.63) is 23.3 Å². The SMILES string of the molecule is CCCCCCCCCCCCc1cc(SC(C)(C)C)cc(CCCCCCCCCCCC)c1[O]. The Morgan fingerprint density at radius 2 is 0.833 bits per heavy atom. The van der Waals surface area contributed by atoms with E-state index >= 15 is 0 Å². The maximum absolute atomic E-state index is 13.3. The fourth-order valence-electron chi connectivity index (χ4n) is 5.11. The van der Waals surface area contributed by atoms with Gasteiger partial charge in [-0.1, -0.05) is 150 Å². The molecule has 209 valence electrons. The van der Waals surface area contributed by atoms with Crippen LogP contribution in [-0.2, 0) is 17.9 Å². The highest BCUT2D eigenvalue weighted by molar-refractivity contribution is 8.00. The molecule has 0 aliphatic carbocycles. The van der Waals surface area contributed by atoms with E-state index in [2.05, 4.69) is 46.8 Å². The number of aryl methyl sites for hydroxylation is 2. The van der Waals surface area contributed by atoms with Crippen molar-refractivity contribution in [3.8, 4) is 5.75 Å². The first-order chi connectivity index (χ1) is 17.4. The first-order valence-corrected chi connectivity index (χ1v) is 16.7. The molecule has 36 heavy (non-hydrogen) atoms. The van der Waals surface area contributed by atoms with Crippen LogP contribution in [0.1, 0.15) is 174 Å². The van der Waals surface area contributed by atoms with Gasteiger partial charge in [0.2, 0.25) is 0 Å². The lowest BCUT2D eigenvalue weighted by atomic mass is 9.98. The molecule has 0 saturated carbocycles. The second-order valence-corrected chi connectivity index (χ2v) is 14.0. The van der Waals surface area contributed by atoms with Crippen LogP contribution in [0.2, 0.25) is 0 Å². The average Bonchev–Trinajstić information content (AvgIpc) is 2.82. The van der Waals surface area contributed by atoms with Crippen LogP contribution in [0.25, 0.3) is 0 Å². The lowest BCUT2D eigenvalue weighted by Crippen LogP contribution is -2.07. The minimum absolute atomic E-state index is 0.174. The quantitative estimate of drug-likeness (QED) is 0.104. The second-order valence-electron chi connectivity index (χ2n) is 12.1. The number of hydrogen-bond acceptors (Lipinski definition) is 1. The number of rotatable bonds is 23. The molecule has 0 bridgehead atoms. The molecule has 0 unspecified atom stereocenters. The predicted octanol–water partition coefficient (Wildman–Crippen LogP) is 12.6. The van der Waals surface area contributed by atoms with Crippen molar-refractivity contribution in [1.29, 1.82) is 0 Å². The van der Waals surface area contributed by atoms with Gasteiger partial charge in [0.05, 0.1) is 0 Å². The van der Waals surface area contributed by atoms with Crippen molar-refractivity contribution in [3.63, 3.8) is 0 Å². The van der Waals surface area contributed by atoms with Crippen LogP contribution in [-0.4, -0.2) is 4.75 Å². The van der Waals surface area contributed by atoms with Crippen LogP contribution in [0.5, 0.6) is 5.75 Å². The number of unbranched alkanes of at least 4 members (excludes halogenated alkanes) is 18. The molecule has 0 atom stereocenters. The summed E-state index contributed by atoms with van der Waals surface area (Å²) in [6.45, 7) is 11.4. The number of thioether (sulfide) groups is 1. The zero-order chi connectivity index (χ0) is 26.5. The van der Waals surface area contributed by atoms with Gasteiger partial charge in [-0.25, -0.2) is 0 Å². The molecule has 2 heteroatoms. The van der Waals surface area contributed by atoms with Crippen molar-refractivity contribution in [2.75, 3.05) is 0 Å². The summed E-state index contributed by atoms with van der Waals surface area (Å²) >= 11 is 1.92. The summed E-state index contributed by atoms with van der Waals surface area (Å²) in [6.07, 6.45) is 28.8. The van der Waals surface area contributed by atoms with Gasteiger partial charge < -0.3 is 0 Å². The standard InChI is InChI=1S/C34H61OS/c1-6-8-10-12-14-16-18-20-22-24-26-30-28-32(36-34(3,4)5)29-31(33(30)35)27-25-23-21-19-17-15-13-11-9-7-2/h28-29H,6-27H2,1-5H3. The summed E-state index contributed by atoms with van der Waals surface area (Å²) in [6, 6.07) is 4.43. The van der Waals surface area contributed by atoms with Gasteiger partial charge in [0.1, 0.15) is 0 Å². The van der Waals surface area contributed by atoms with Crippen LogP contribution >= 0.6 is 11.8 Å². The van der Waals surface area contributed by atoms with Crippen LogP contribution in [0, 0.1) is 0 Å². The molecule has 0 heterocycles. The van der Waals surface area contributed by atoms with E-state index in [0.717, 1.165) is 36.8 Å². The zero-order valence-electron chi connectivity index (χ0n) is 25.0. The van der Waals surface area contributed by atoms with Gasteiger partial charge in [-0.2, -0.15) is 0 Å². The molecule has 0 aliphatic rings. The number of benzene rings is 1. The van der Waals surface area contributed by atoms with Crippen molar-refractivity contribution in [2.45, 2.75) is 186 Å². The Labute approximate surface area is 231 Å². The third-order valence-corrected chi connectivity index (χ3v) is 8.32. The molecule has 0 N–H and O–H groups in total. The summed E-state index contributed by atoms with van der Waals surface area (Å²) in [5, 5.41) is 13.3. The first-order valence-electron chi connectivity index (χ1n) is 15.9. The highest BCUT2D eigenvalue weighted by atomic mass is 32.2. The summed E-state index contributed by atoms with van der Waals surface area (Å²) in [5.41, 5.74) is 2.15. The molecule has 0 fully saturated rings. The molecule has 1 nitrogen and oxygen atoms in total. The van der Waals surface area contributed by atoms with Gasteiger partial charge in [0.25, 0.3) is 0 Å². The van der Waals surface area contributed by atoms with Gasteiger partial charge in [-0.3, -0.25) is 5.11 Å². The van der Waals surface area contributed by atoms with Gasteiger partial charge >= 0.3 is 0 Å². The largest absolute Gasteiger partial charge is 0.289 e. The monoisotopic (exact) mass is 517 g/mol. The first kappa shape index (κ1) is 33.4. The van der Waals surface area contributed by atoms with Crippen LogP contribution < -0.4 is 0 Å². The Morgan fingerprint density at radius 3 is 1.14 bits per heavy atom. The number of hydrogen-bond donors (Lipinski definition) is 0. The molecule has 0 aromatic heterocycles. The van der Waals surface area contributed by atoms with E-state index in [-0.39, 0.29) is 4.75 Å². The minimum atomic E-state index is 0.174. The Kier molecular flexibility index (Phi) is 19.8. The smallest absolute Gasteiger partial charge is 0.185 e. The molecule has 0 amide bonds. The van der Waals surface area contributed by atoms with E-state index in [1.165, 1.54) is 120 Å². The van der Waals surface area contributed by atoms with Gasteiger partial charge in [-0.15, -0.1) is 11.8 Å². The van der Waals surface area contributed by atoms with E-state index in [9.17, 15) is 5.11 Å². The molecule has 1 rings (SSSR count). The maximum Gasteiger partial charge on any atom is 0.185 e. The van der Waals surface area contributed by atoms with Gasteiger partial charge in [0, 0.05) is 20.8 Å². The summed E-state index contributed by atoms with van der Waals surface area (Å²) in [4.78, 5) is 1.30. The maximum atomic E-state index is 13.3. The Bertz CT molecular complexity index is 600. The Morgan fingerprint density at radius 1 is 0.528 bits per heavy atom. The van der Waals surface area contributed by atoms with Crippen molar-refractivity contribution < 1.29 is 5.11 Å². The van der Waals surface area contributed by atoms with E-state index in [1.807, 2.05) is 11.8 Å². The Hall–Kier alpha value is -0.630. The molecule has 0 spiro atoms. The third-order valence-electron chi connectivity index (χ3n) is 7.24. The van der Waals surface area contributed by atoms with Gasteiger partial charge in [-0.05, 0) is 37.8 Å². The summed E-state index contributed by atoms with van der Waals surface area (Å²) in [7, 11) is 0. The molecule has 1 radical (unpaired) electrons. The van der Waals surface area contributed by atoms with Crippen LogP contribution in [0.3, 0.4) is 0 Å². The van der Waals surface area contributed by atoms with Crippen LogP contribution in [0.4, 0.5) is 0 Å². The second kappa shape index (κ2) is 21.3. The van der Waals surface area contributed by atoms with E-state index in [1.54, 1.807) is 0 Å². The van der Waals surface area contributed by atoms with E-state index < -0.39 is 0 Å². The molecule has 1 aromatic carbocycles. The lowest BCUT2D eigenvalue weighted by molar-refractivity contribution is 0.343. The Balaban J connectivity index is 2.43. The molecule has 0 saturated heterocycles. The topological polar surface area (TPSA) is 19.9 Å². The average molecular weight is 518 g/mol. The van der Waals surface area contributed by atoms with Gasteiger partial charge in [0.15, 0.2) is 5.75 Å². The van der Waals surface area contributed by atoms with E-state index in [0.29, 0.717) is 5.75 Å². The summed E-state index contributed by atoms with van der Waals surface area (Å²) in [5.74, 6) is 0.347.